The van der Waals surface area contributed by atoms with Crippen LogP contribution in [0.2, 0.25) is 0 Å². The Morgan fingerprint density at radius 3 is 2.38 bits per heavy atom. The lowest BCUT2D eigenvalue weighted by atomic mass is 10.1. The zero-order valence-corrected chi connectivity index (χ0v) is 17.9. The van der Waals surface area contributed by atoms with Gasteiger partial charge in [0.25, 0.3) is 0 Å². The number of nitrogens with two attached hydrogens (primary N) is 1. The molecule has 2 aromatic rings. The smallest absolute Gasteiger partial charge is 0.246 e. The van der Waals surface area contributed by atoms with E-state index >= 15 is 0 Å². The molecular formula is C24H25F2N3O3. The molecule has 3 amide bonds. The second-order valence-electron chi connectivity index (χ2n) is 7.83. The summed E-state index contributed by atoms with van der Waals surface area (Å²) in [5.74, 6) is -3.59. The Bertz CT molecular complexity index is 1020. The highest BCUT2D eigenvalue weighted by Crippen LogP contribution is 2.27. The normalized spacial score (nSPS) is 19.4. The van der Waals surface area contributed by atoms with Gasteiger partial charge >= 0.3 is 0 Å². The fourth-order valence-electron chi connectivity index (χ4n) is 3.78. The average molecular weight is 441 g/mol. The SMILES string of the molecule is C[C@H](N)C(=O)N(C(=O)Cc1cc(F)cc(F)c1)[C@H]1CC=C[C@@H](c2ccccc2)N(C)C1=O. The first-order valence-corrected chi connectivity index (χ1v) is 10.2. The number of halogens is 2. The lowest BCUT2D eigenvalue weighted by Crippen LogP contribution is -2.56. The summed E-state index contributed by atoms with van der Waals surface area (Å²) in [6.07, 6.45) is 3.25. The molecule has 2 N–H and O–H groups in total. The third kappa shape index (κ3) is 5.08. The molecule has 3 rings (SSSR count). The minimum Gasteiger partial charge on any atom is -0.333 e. The van der Waals surface area contributed by atoms with Gasteiger partial charge in [-0.1, -0.05) is 42.5 Å². The second kappa shape index (κ2) is 9.82. The van der Waals surface area contributed by atoms with E-state index in [1.165, 1.54) is 11.8 Å². The number of likely N-dealkylation sites (N-methyl/N-ethyl adjacent to an activating group) is 1. The van der Waals surface area contributed by atoms with E-state index in [2.05, 4.69) is 0 Å². The molecule has 0 aliphatic carbocycles. The summed E-state index contributed by atoms with van der Waals surface area (Å²) in [6.45, 7) is 1.41. The van der Waals surface area contributed by atoms with Crippen LogP contribution in [0.5, 0.6) is 0 Å². The van der Waals surface area contributed by atoms with Gasteiger partial charge in [-0.15, -0.1) is 0 Å². The highest BCUT2D eigenvalue weighted by molar-refractivity contribution is 6.03. The van der Waals surface area contributed by atoms with Crippen LogP contribution in [0.4, 0.5) is 8.78 Å². The molecule has 168 valence electrons. The molecular weight excluding hydrogens is 416 g/mol. The number of carbonyl (C=O) groups is 3. The predicted octanol–water partition coefficient (Wildman–Crippen LogP) is 2.74. The maximum atomic E-state index is 13.6. The number of nitrogens with zero attached hydrogens (tertiary/aromatic N) is 2. The summed E-state index contributed by atoms with van der Waals surface area (Å²) in [5.41, 5.74) is 6.69. The van der Waals surface area contributed by atoms with Crippen molar-refractivity contribution < 1.29 is 23.2 Å². The largest absolute Gasteiger partial charge is 0.333 e. The van der Waals surface area contributed by atoms with Crippen LogP contribution in [0.3, 0.4) is 0 Å². The van der Waals surface area contributed by atoms with Crippen molar-refractivity contribution in [3.8, 4) is 0 Å². The third-order valence-corrected chi connectivity index (χ3v) is 5.35. The Balaban J connectivity index is 1.91. The van der Waals surface area contributed by atoms with Gasteiger partial charge in [0.05, 0.1) is 18.5 Å². The first-order chi connectivity index (χ1) is 15.2. The third-order valence-electron chi connectivity index (χ3n) is 5.35. The first-order valence-electron chi connectivity index (χ1n) is 10.2. The maximum Gasteiger partial charge on any atom is 0.246 e. The van der Waals surface area contributed by atoms with Crippen molar-refractivity contribution in [1.29, 1.82) is 0 Å². The molecule has 1 aliphatic rings. The van der Waals surface area contributed by atoms with Crippen LogP contribution in [-0.2, 0) is 20.8 Å². The molecule has 0 saturated carbocycles. The lowest BCUT2D eigenvalue weighted by molar-refractivity contribution is -0.155. The molecule has 1 heterocycles. The summed E-state index contributed by atoms with van der Waals surface area (Å²) in [7, 11) is 1.60. The van der Waals surface area contributed by atoms with E-state index in [1.54, 1.807) is 13.1 Å². The summed E-state index contributed by atoms with van der Waals surface area (Å²) in [4.78, 5) is 41.6. The van der Waals surface area contributed by atoms with Crippen molar-refractivity contribution in [3.05, 3.63) is 83.4 Å². The minimum atomic E-state index is -1.12. The Morgan fingerprint density at radius 2 is 1.78 bits per heavy atom. The van der Waals surface area contributed by atoms with Gasteiger partial charge in [-0.05, 0) is 36.6 Å². The molecule has 2 aromatic carbocycles. The highest BCUT2D eigenvalue weighted by Gasteiger charge is 2.39. The van der Waals surface area contributed by atoms with E-state index < -0.39 is 47.9 Å². The molecule has 3 atom stereocenters. The Morgan fingerprint density at radius 1 is 1.16 bits per heavy atom. The Labute approximate surface area is 185 Å². The summed E-state index contributed by atoms with van der Waals surface area (Å²) < 4.78 is 27.1. The maximum absolute atomic E-state index is 13.6. The monoisotopic (exact) mass is 441 g/mol. The lowest BCUT2D eigenvalue weighted by Gasteiger charge is -2.33. The molecule has 32 heavy (non-hydrogen) atoms. The molecule has 0 unspecified atom stereocenters. The van der Waals surface area contributed by atoms with Crippen LogP contribution in [0, 0.1) is 11.6 Å². The standard InChI is InChI=1S/C24H25F2N3O3/c1-15(27)23(31)29(22(30)13-16-11-18(25)14-19(26)12-16)21-10-6-9-20(28(2)24(21)32)17-7-4-3-5-8-17/h3-9,11-12,14-15,20-21H,10,13,27H2,1-2H3/t15-,20-,21-/m0/s1. The Hall–Kier alpha value is -3.39. The van der Waals surface area contributed by atoms with Crippen LogP contribution in [0.25, 0.3) is 0 Å². The van der Waals surface area contributed by atoms with Gasteiger partial charge in [0.2, 0.25) is 17.7 Å². The van der Waals surface area contributed by atoms with Gasteiger partial charge in [-0.3, -0.25) is 19.3 Å². The predicted molar refractivity (Wildman–Crippen MR) is 115 cm³/mol. The van der Waals surface area contributed by atoms with Crippen molar-refractivity contribution in [3.63, 3.8) is 0 Å². The number of hydrogen-bond acceptors (Lipinski definition) is 4. The van der Waals surface area contributed by atoms with Crippen molar-refractivity contribution >= 4 is 17.7 Å². The molecule has 0 bridgehead atoms. The Kier molecular flexibility index (Phi) is 7.15. The van der Waals surface area contributed by atoms with E-state index in [0.29, 0.717) is 6.07 Å². The molecule has 0 aromatic heterocycles. The van der Waals surface area contributed by atoms with Crippen LogP contribution < -0.4 is 5.73 Å². The molecule has 0 radical (unpaired) electrons. The molecule has 0 fully saturated rings. The van der Waals surface area contributed by atoms with Gasteiger partial charge in [0.15, 0.2) is 0 Å². The van der Waals surface area contributed by atoms with E-state index in [1.807, 2.05) is 36.4 Å². The zero-order valence-electron chi connectivity index (χ0n) is 17.9. The van der Waals surface area contributed by atoms with E-state index in [4.69, 9.17) is 5.73 Å². The van der Waals surface area contributed by atoms with Gasteiger partial charge in [0, 0.05) is 13.1 Å². The number of imide groups is 1. The fraction of sp³-hybridized carbons (Fsp3) is 0.292. The van der Waals surface area contributed by atoms with Crippen molar-refractivity contribution in [2.24, 2.45) is 5.73 Å². The molecule has 0 saturated heterocycles. The molecule has 8 heteroatoms. The van der Waals surface area contributed by atoms with E-state index in [0.717, 1.165) is 22.6 Å². The van der Waals surface area contributed by atoms with Crippen LogP contribution >= 0.6 is 0 Å². The second-order valence-corrected chi connectivity index (χ2v) is 7.83. The van der Waals surface area contributed by atoms with E-state index in [9.17, 15) is 23.2 Å². The van der Waals surface area contributed by atoms with Crippen molar-refractivity contribution in [1.82, 2.24) is 9.80 Å². The topological polar surface area (TPSA) is 83.7 Å². The van der Waals surface area contributed by atoms with Crippen LogP contribution in [-0.4, -0.2) is 46.7 Å². The molecule has 6 nitrogen and oxygen atoms in total. The number of amides is 3. The zero-order chi connectivity index (χ0) is 23.4. The molecule has 0 spiro atoms. The summed E-state index contributed by atoms with van der Waals surface area (Å²) in [5, 5.41) is 0. The highest BCUT2D eigenvalue weighted by atomic mass is 19.1. The van der Waals surface area contributed by atoms with Crippen LogP contribution in [0.15, 0.2) is 60.7 Å². The van der Waals surface area contributed by atoms with Gasteiger partial charge in [0.1, 0.15) is 17.7 Å². The quantitative estimate of drug-likeness (QED) is 0.724. The average Bonchev–Trinajstić information content (AvgIpc) is 2.87. The van der Waals surface area contributed by atoms with Crippen molar-refractivity contribution in [2.45, 2.75) is 37.9 Å². The summed E-state index contributed by atoms with van der Waals surface area (Å²) >= 11 is 0. The number of hydrogen-bond donors (Lipinski definition) is 1. The number of benzene rings is 2. The first kappa shape index (κ1) is 23.3. The van der Waals surface area contributed by atoms with Crippen LogP contribution in [0.1, 0.15) is 30.5 Å². The van der Waals surface area contributed by atoms with E-state index in [-0.39, 0.29) is 18.0 Å². The minimum absolute atomic E-state index is 0.0575. The van der Waals surface area contributed by atoms with Gasteiger partial charge in [-0.2, -0.15) is 0 Å². The van der Waals surface area contributed by atoms with Gasteiger partial charge in [-0.25, -0.2) is 8.78 Å². The number of carbonyl (C=O) groups excluding carboxylic acids is 3. The van der Waals surface area contributed by atoms with Crippen molar-refractivity contribution in [2.75, 3.05) is 7.05 Å². The fourth-order valence-corrected chi connectivity index (χ4v) is 3.78. The summed E-state index contributed by atoms with van der Waals surface area (Å²) in [6, 6.07) is 9.55. The van der Waals surface area contributed by atoms with Gasteiger partial charge < -0.3 is 10.6 Å². The number of rotatable bonds is 5. The molecule has 1 aliphatic heterocycles.